The fourth-order valence-corrected chi connectivity index (χ4v) is 5.22. The predicted molar refractivity (Wildman–Crippen MR) is 107 cm³/mol. The van der Waals surface area contributed by atoms with Crippen molar-refractivity contribution in [3.05, 3.63) is 90.5 Å². The van der Waals surface area contributed by atoms with Gasteiger partial charge in [0.2, 0.25) is 0 Å². The van der Waals surface area contributed by atoms with Gasteiger partial charge in [-0.15, -0.1) is 0 Å². The highest BCUT2D eigenvalue weighted by molar-refractivity contribution is 7.79. The minimum Gasteiger partial charge on any atom is -0.310 e. The van der Waals surface area contributed by atoms with Crippen LogP contribution in [0.15, 0.2) is 84.9 Å². The molecule has 0 unspecified atom stereocenters. The van der Waals surface area contributed by atoms with Gasteiger partial charge in [-0.05, 0) is 42.9 Å². The Balaban J connectivity index is 1.97. The summed E-state index contributed by atoms with van der Waals surface area (Å²) in [4.78, 5) is 0. The van der Waals surface area contributed by atoms with E-state index in [1.165, 1.54) is 21.5 Å². The fraction of sp³-hybridized carbons (Fsp3) is 0.182. The van der Waals surface area contributed by atoms with Gasteiger partial charge in [0, 0.05) is 6.04 Å². The van der Waals surface area contributed by atoms with Crippen molar-refractivity contribution in [1.82, 2.24) is 5.32 Å². The SMILES string of the molecule is CCN[C@@H](C)c1ccc(P(c2ccccc2)c2ccccc2)cc1. The Kier molecular flexibility index (Phi) is 5.80. The summed E-state index contributed by atoms with van der Waals surface area (Å²) in [6, 6.07) is 31.2. The average Bonchev–Trinajstić information content (AvgIpc) is 2.64. The molecule has 0 aliphatic carbocycles. The van der Waals surface area contributed by atoms with Gasteiger partial charge < -0.3 is 5.32 Å². The van der Waals surface area contributed by atoms with Crippen LogP contribution < -0.4 is 21.2 Å². The maximum atomic E-state index is 3.48. The number of hydrogen-bond acceptors (Lipinski definition) is 1. The molecule has 3 rings (SSSR count). The molecule has 1 atom stereocenters. The monoisotopic (exact) mass is 333 g/mol. The Bertz CT molecular complexity index is 698. The lowest BCUT2D eigenvalue weighted by atomic mass is 10.1. The second-order valence-corrected chi connectivity index (χ2v) is 8.10. The molecule has 1 nitrogen and oxygen atoms in total. The van der Waals surface area contributed by atoms with Crippen LogP contribution >= 0.6 is 7.92 Å². The standard InChI is InChI=1S/C22H24NP/c1-3-23-18(2)19-14-16-22(17-15-19)24(20-10-6-4-7-11-20)21-12-8-5-9-13-21/h4-18,23H,3H2,1-2H3/t18-/m0/s1. The van der Waals surface area contributed by atoms with Crippen LogP contribution in [0.3, 0.4) is 0 Å². The Hall–Kier alpha value is -1.95. The summed E-state index contributed by atoms with van der Waals surface area (Å²) >= 11 is 0. The lowest BCUT2D eigenvalue weighted by molar-refractivity contribution is 0.598. The molecule has 24 heavy (non-hydrogen) atoms. The predicted octanol–water partition coefficient (Wildman–Crippen LogP) is 4.12. The van der Waals surface area contributed by atoms with E-state index < -0.39 is 7.92 Å². The zero-order chi connectivity index (χ0) is 16.8. The smallest absolute Gasteiger partial charge is 0.0291 e. The summed E-state index contributed by atoms with van der Waals surface area (Å²) in [6.45, 7) is 5.36. The topological polar surface area (TPSA) is 12.0 Å². The normalized spacial score (nSPS) is 12.3. The van der Waals surface area contributed by atoms with E-state index in [0.29, 0.717) is 6.04 Å². The first-order chi connectivity index (χ1) is 11.8. The minimum absolute atomic E-state index is 0.392. The van der Waals surface area contributed by atoms with Crippen molar-refractivity contribution in [2.45, 2.75) is 19.9 Å². The molecule has 0 heterocycles. The zero-order valence-electron chi connectivity index (χ0n) is 14.3. The van der Waals surface area contributed by atoms with Crippen LogP contribution in [0.25, 0.3) is 0 Å². The Morgan fingerprint density at radius 3 is 1.62 bits per heavy atom. The van der Waals surface area contributed by atoms with E-state index in [0.717, 1.165) is 6.54 Å². The Labute approximate surface area is 146 Å². The van der Waals surface area contributed by atoms with Crippen molar-refractivity contribution in [1.29, 1.82) is 0 Å². The van der Waals surface area contributed by atoms with Crippen LogP contribution in [0.1, 0.15) is 25.5 Å². The van der Waals surface area contributed by atoms with E-state index in [-0.39, 0.29) is 0 Å². The summed E-state index contributed by atoms with van der Waals surface area (Å²) in [5.74, 6) is 0. The number of rotatable bonds is 6. The van der Waals surface area contributed by atoms with Gasteiger partial charge in [-0.3, -0.25) is 0 Å². The second-order valence-electron chi connectivity index (χ2n) is 5.88. The molecule has 0 fully saturated rings. The molecule has 3 aromatic carbocycles. The van der Waals surface area contributed by atoms with E-state index in [2.05, 4.69) is 104 Å². The first-order valence-corrected chi connectivity index (χ1v) is 9.87. The largest absolute Gasteiger partial charge is 0.310 e. The van der Waals surface area contributed by atoms with E-state index in [1.54, 1.807) is 0 Å². The van der Waals surface area contributed by atoms with E-state index >= 15 is 0 Å². The van der Waals surface area contributed by atoms with Crippen molar-refractivity contribution >= 4 is 23.8 Å². The molecule has 122 valence electrons. The molecule has 0 radical (unpaired) electrons. The van der Waals surface area contributed by atoms with E-state index in [1.807, 2.05) is 0 Å². The zero-order valence-corrected chi connectivity index (χ0v) is 15.2. The summed E-state index contributed by atoms with van der Waals surface area (Å²) < 4.78 is 0. The van der Waals surface area contributed by atoms with Gasteiger partial charge in [0.25, 0.3) is 0 Å². The van der Waals surface area contributed by atoms with Crippen LogP contribution in [0.2, 0.25) is 0 Å². The van der Waals surface area contributed by atoms with Gasteiger partial charge in [0.05, 0.1) is 0 Å². The van der Waals surface area contributed by atoms with Gasteiger partial charge in [0.1, 0.15) is 0 Å². The quantitative estimate of drug-likeness (QED) is 0.669. The van der Waals surface area contributed by atoms with Crippen molar-refractivity contribution in [3.8, 4) is 0 Å². The first-order valence-electron chi connectivity index (χ1n) is 8.53. The molecule has 0 saturated heterocycles. The highest BCUT2D eigenvalue weighted by Gasteiger charge is 2.16. The van der Waals surface area contributed by atoms with Crippen LogP contribution in [-0.4, -0.2) is 6.54 Å². The van der Waals surface area contributed by atoms with Gasteiger partial charge in [0.15, 0.2) is 0 Å². The first kappa shape index (κ1) is 16.9. The molecular formula is C22H24NP. The van der Waals surface area contributed by atoms with Crippen LogP contribution in [0, 0.1) is 0 Å². The van der Waals surface area contributed by atoms with Crippen molar-refractivity contribution in [2.24, 2.45) is 0 Å². The van der Waals surface area contributed by atoms with Crippen molar-refractivity contribution < 1.29 is 0 Å². The molecule has 0 bridgehead atoms. The lowest BCUT2D eigenvalue weighted by Gasteiger charge is -2.20. The Morgan fingerprint density at radius 1 is 0.708 bits per heavy atom. The van der Waals surface area contributed by atoms with Crippen molar-refractivity contribution in [3.63, 3.8) is 0 Å². The summed E-state index contributed by atoms with van der Waals surface area (Å²) in [5.41, 5.74) is 1.34. The number of hydrogen-bond donors (Lipinski definition) is 1. The molecule has 0 aliphatic heterocycles. The minimum atomic E-state index is -0.506. The molecule has 0 saturated carbocycles. The second kappa shape index (κ2) is 8.24. The van der Waals surface area contributed by atoms with Crippen LogP contribution in [-0.2, 0) is 0 Å². The number of benzene rings is 3. The molecule has 1 N–H and O–H groups in total. The van der Waals surface area contributed by atoms with E-state index in [4.69, 9.17) is 0 Å². The summed E-state index contributed by atoms with van der Waals surface area (Å²) in [6.07, 6.45) is 0. The summed E-state index contributed by atoms with van der Waals surface area (Å²) in [7, 11) is -0.506. The third kappa shape index (κ3) is 3.93. The molecule has 3 aromatic rings. The highest BCUT2D eigenvalue weighted by atomic mass is 31.1. The molecule has 0 aliphatic rings. The van der Waals surface area contributed by atoms with Crippen molar-refractivity contribution in [2.75, 3.05) is 6.54 Å². The van der Waals surface area contributed by atoms with Gasteiger partial charge in [-0.25, -0.2) is 0 Å². The van der Waals surface area contributed by atoms with Gasteiger partial charge in [-0.2, -0.15) is 0 Å². The maximum Gasteiger partial charge on any atom is 0.0291 e. The lowest BCUT2D eigenvalue weighted by Crippen LogP contribution is -2.21. The molecule has 0 spiro atoms. The van der Waals surface area contributed by atoms with Gasteiger partial charge >= 0.3 is 0 Å². The molecular weight excluding hydrogens is 309 g/mol. The van der Waals surface area contributed by atoms with Crippen LogP contribution in [0.5, 0.6) is 0 Å². The third-order valence-corrected chi connectivity index (χ3v) is 6.63. The highest BCUT2D eigenvalue weighted by Crippen LogP contribution is 2.32. The molecule has 2 heteroatoms. The number of nitrogens with one attached hydrogen (secondary N) is 1. The Morgan fingerprint density at radius 2 is 1.17 bits per heavy atom. The molecule has 0 amide bonds. The average molecular weight is 333 g/mol. The summed E-state index contributed by atoms with van der Waals surface area (Å²) in [5, 5.41) is 7.67. The van der Waals surface area contributed by atoms with Gasteiger partial charge in [-0.1, -0.05) is 91.9 Å². The van der Waals surface area contributed by atoms with E-state index in [9.17, 15) is 0 Å². The molecule has 0 aromatic heterocycles. The van der Waals surface area contributed by atoms with Crippen LogP contribution in [0.4, 0.5) is 0 Å². The maximum absolute atomic E-state index is 3.48. The third-order valence-electron chi connectivity index (χ3n) is 4.19. The fourth-order valence-electron chi connectivity index (χ4n) is 2.94.